The standard InChI is InChI=1S/C18H31N/c1-2-12-6-8-14(9-7-12)18(19)11-13-10-17(18)16-5-3-4-15(13)16/h12-17H,2-11,19H2,1H3. The number of hydrogen-bond acceptors (Lipinski definition) is 1. The third kappa shape index (κ3) is 1.76. The Morgan fingerprint density at radius 3 is 2.47 bits per heavy atom. The Labute approximate surface area is 118 Å². The van der Waals surface area contributed by atoms with E-state index in [0.717, 1.165) is 35.5 Å². The molecule has 0 saturated heterocycles. The van der Waals surface area contributed by atoms with Gasteiger partial charge in [-0.2, -0.15) is 0 Å². The molecule has 4 fully saturated rings. The first kappa shape index (κ1) is 12.7. The molecular weight excluding hydrogens is 230 g/mol. The number of nitrogens with two attached hydrogens (primary N) is 1. The second-order valence-electron chi connectivity index (χ2n) is 8.30. The van der Waals surface area contributed by atoms with E-state index in [1.54, 1.807) is 0 Å². The van der Waals surface area contributed by atoms with Gasteiger partial charge in [-0.25, -0.2) is 0 Å². The predicted molar refractivity (Wildman–Crippen MR) is 79.7 cm³/mol. The minimum absolute atomic E-state index is 0.259. The maximum absolute atomic E-state index is 7.06. The normalized spacial score (nSPS) is 56.5. The Hall–Kier alpha value is -0.0400. The molecule has 4 aliphatic carbocycles. The van der Waals surface area contributed by atoms with Crippen LogP contribution in [0.5, 0.6) is 0 Å². The molecule has 19 heavy (non-hydrogen) atoms. The van der Waals surface area contributed by atoms with E-state index in [-0.39, 0.29) is 5.54 Å². The monoisotopic (exact) mass is 261 g/mol. The van der Waals surface area contributed by atoms with E-state index in [1.165, 1.54) is 64.2 Å². The molecule has 0 aliphatic heterocycles. The van der Waals surface area contributed by atoms with Crippen LogP contribution in [0.25, 0.3) is 0 Å². The molecule has 1 heteroatoms. The molecule has 0 heterocycles. The zero-order chi connectivity index (χ0) is 13.0. The van der Waals surface area contributed by atoms with Crippen molar-refractivity contribution in [2.75, 3.05) is 0 Å². The molecule has 2 N–H and O–H groups in total. The average molecular weight is 261 g/mol. The molecular formula is C18H31N. The lowest BCUT2D eigenvalue weighted by Gasteiger charge is -2.47. The summed E-state index contributed by atoms with van der Waals surface area (Å²) in [6, 6.07) is 0. The molecule has 0 aromatic rings. The summed E-state index contributed by atoms with van der Waals surface area (Å²) in [5, 5.41) is 0. The van der Waals surface area contributed by atoms with Gasteiger partial charge in [-0.05, 0) is 74.0 Å². The van der Waals surface area contributed by atoms with Crippen LogP contribution in [0.2, 0.25) is 0 Å². The van der Waals surface area contributed by atoms with Gasteiger partial charge in [-0.1, -0.05) is 32.6 Å². The van der Waals surface area contributed by atoms with Gasteiger partial charge < -0.3 is 5.73 Å². The highest BCUT2D eigenvalue weighted by Crippen LogP contribution is 2.64. The highest BCUT2D eigenvalue weighted by atomic mass is 14.9. The molecule has 4 aliphatic rings. The molecule has 5 unspecified atom stereocenters. The van der Waals surface area contributed by atoms with Crippen LogP contribution in [0, 0.1) is 35.5 Å². The van der Waals surface area contributed by atoms with Crippen molar-refractivity contribution in [3.63, 3.8) is 0 Å². The van der Waals surface area contributed by atoms with Crippen molar-refractivity contribution in [3.8, 4) is 0 Å². The van der Waals surface area contributed by atoms with Crippen LogP contribution in [0.3, 0.4) is 0 Å². The molecule has 0 amide bonds. The van der Waals surface area contributed by atoms with Crippen LogP contribution in [-0.2, 0) is 0 Å². The summed E-state index contributed by atoms with van der Waals surface area (Å²) in [4.78, 5) is 0. The van der Waals surface area contributed by atoms with Crippen molar-refractivity contribution in [1.29, 1.82) is 0 Å². The minimum atomic E-state index is 0.259. The molecule has 4 saturated carbocycles. The predicted octanol–water partition coefficient (Wildman–Crippen LogP) is 4.36. The molecule has 108 valence electrons. The summed E-state index contributed by atoms with van der Waals surface area (Å²) < 4.78 is 0. The van der Waals surface area contributed by atoms with E-state index in [9.17, 15) is 0 Å². The Kier molecular flexibility index (Phi) is 2.99. The van der Waals surface area contributed by atoms with Gasteiger partial charge in [0, 0.05) is 5.54 Å². The average Bonchev–Trinajstić information content (AvgIpc) is 3.10. The second-order valence-corrected chi connectivity index (χ2v) is 8.30. The van der Waals surface area contributed by atoms with Gasteiger partial charge in [0.05, 0.1) is 0 Å². The second kappa shape index (κ2) is 4.48. The molecule has 0 spiro atoms. The Balaban J connectivity index is 1.49. The summed E-state index contributed by atoms with van der Waals surface area (Å²) in [5.41, 5.74) is 7.32. The van der Waals surface area contributed by atoms with Gasteiger partial charge in [0.1, 0.15) is 0 Å². The van der Waals surface area contributed by atoms with Crippen LogP contribution in [-0.4, -0.2) is 5.54 Å². The van der Waals surface area contributed by atoms with Gasteiger partial charge in [0.15, 0.2) is 0 Å². The molecule has 0 aromatic carbocycles. The molecule has 4 rings (SSSR count). The van der Waals surface area contributed by atoms with Crippen molar-refractivity contribution in [2.24, 2.45) is 41.2 Å². The first-order valence-electron chi connectivity index (χ1n) is 9.01. The van der Waals surface area contributed by atoms with Crippen LogP contribution in [0.15, 0.2) is 0 Å². The molecule has 1 nitrogen and oxygen atoms in total. The summed E-state index contributed by atoms with van der Waals surface area (Å²) in [6.45, 7) is 2.36. The maximum atomic E-state index is 7.06. The van der Waals surface area contributed by atoms with Gasteiger partial charge >= 0.3 is 0 Å². The van der Waals surface area contributed by atoms with Crippen molar-refractivity contribution in [1.82, 2.24) is 0 Å². The third-order valence-corrected chi connectivity index (χ3v) is 7.79. The third-order valence-electron chi connectivity index (χ3n) is 7.79. The molecule has 2 bridgehead atoms. The van der Waals surface area contributed by atoms with Gasteiger partial charge in [0.25, 0.3) is 0 Å². The fraction of sp³-hybridized carbons (Fsp3) is 1.00. The lowest BCUT2D eigenvalue weighted by atomic mass is 9.61. The highest BCUT2D eigenvalue weighted by molar-refractivity contribution is 5.14. The maximum Gasteiger partial charge on any atom is 0.0217 e. The van der Waals surface area contributed by atoms with E-state index in [2.05, 4.69) is 6.92 Å². The minimum Gasteiger partial charge on any atom is -0.325 e. The lowest BCUT2D eigenvalue weighted by molar-refractivity contribution is 0.0703. The van der Waals surface area contributed by atoms with E-state index >= 15 is 0 Å². The molecule has 5 atom stereocenters. The number of rotatable bonds is 2. The highest BCUT2D eigenvalue weighted by Gasteiger charge is 2.61. The van der Waals surface area contributed by atoms with Crippen molar-refractivity contribution >= 4 is 0 Å². The quantitative estimate of drug-likeness (QED) is 0.785. The molecule has 0 radical (unpaired) electrons. The van der Waals surface area contributed by atoms with Gasteiger partial charge in [0.2, 0.25) is 0 Å². The largest absolute Gasteiger partial charge is 0.325 e. The van der Waals surface area contributed by atoms with Crippen LogP contribution in [0.1, 0.15) is 71.1 Å². The summed E-state index contributed by atoms with van der Waals surface area (Å²) >= 11 is 0. The first-order chi connectivity index (χ1) is 9.22. The Bertz CT molecular complexity index is 344. The van der Waals surface area contributed by atoms with Crippen LogP contribution >= 0.6 is 0 Å². The lowest BCUT2D eigenvalue weighted by Crippen LogP contribution is -2.55. The van der Waals surface area contributed by atoms with E-state index in [4.69, 9.17) is 5.73 Å². The summed E-state index contributed by atoms with van der Waals surface area (Å²) in [5.74, 6) is 5.94. The van der Waals surface area contributed by atoms with Crippen molar-refractivity contribution in [3.05, 3.63) is 0 Å². The fourth-order valence-corrected chi connectivity index (χ4v) is 6.81. The van der Waals surface area contributed by atoms with Crippen molar-refractivity contribution in [2.45, 2.75) is 76.7 Å². The Morgan fingerprint density at radius 2 is 1.74 bits per heavy atom. The van der Waals surface area contributed by atoms with E-state index < -0.39 is 0 Å². The van der Waals surface area contributed by atoms with Gasteiger partial charge in [-0.3, -0.25) is 0 Å². The van der Waals surface area contributed by atoms with E-state index in [1.807, 2.05) is 0 Å². The molecule has 0 aromatic heterocycles. The van der Waals surface area contributed by atoms with Crippen molar-refractivity contribution < 1.29 is 0 Å². The number of fused-ring (bicyclic) bond motifs is 5. The summed E-state index contributed by atoms with van der Waals surface area (Å²) in [6.07, 6.45) is 14.6. The zero-order valence-corrected chi connectivity index (χ0v) is 12.6. The van der Waals surface area contributed by atoms with E-state index in [0.29, 0.717) is 0 Å². The van der Waals surface area contributed by atoms with Gasteiger partial charge in [-0.15, -0.1) is 0 Å². The fourth-order valence-electron chi connectivity index (χ4n) is 6.81. The SMILES string of the molecule is CCC1CCC(C2(N)CC3CC2C2CCCC32)CC1. The first-order valence-corrected chi connectivity index (χ1v) is 9.01. The zero-order valence-electron chi connectivity index (χ0n) is 12.6. The van der Waals surface area contributed by atoms with Crippen LogP contribution < -0.4 is 5.73 Å². The number of hydrogen-bond donors (Lipinski definition) is 1. The smallest absolute Gasteiger partial charge is 0.0217 e. The topological polar surface area (TPSA) is 26.0 Å². The van der Waals surface area contributed by atoms with Crippen LogP contribution in [0.4, 0.5) is 0 Å². The Morgan fingerprint density at radius 1 is 1.00 bits per heavy atom. The summed E-state index contributed by atoms with van der Waals surface area (Å²) in [7, 11) is 0.